The van der Waals surface area contributed by atoms with Crippen LogP contribution in [0.1, 0.15) is 6.23 Å². The zero-order valence-corrected chi connectivity index (χ0v) is 16.5. The molecule has 170 valence electrons. The highest BCUT2D eigenvalue weighted by molar-refractivity contribution is 7.50. The van der Waals surface area contributed by atoms with Crippen LogP contribution >= 0.6 is 7.75 Å². The number of carboxylic acids is 2. The first-order valence-electron chi connectivity index (χ1n) is 8.62. The van der Waals surface area contributed by atoms with E-state index in [2.05, 4.69) is 15.0 Å². The van der Waals surface area contributed by atoms with E-state index in [0.717, 1.165) is 6.33 Å². The summed E-state index contributed by atoms with van der Waals surface area (Å²) in [6.07, 6.45) is -3.22. The van der Waals surface area contributed by atoms with Crippen molar-refractivity contribution in [3.05, 3.63) is 12.7 Å². The largest absolute Gasteiger partial charge is 0.480 e. The van der Waals surface area contributed by atoms with Crippen molar-refractivity contribution >= 4 is 36.7 Å². The number of aliphatic carboxylic acids is 2. The number of aromatic nitrogens is 4. The molecule has 31 heavy (non-hydrogen) atoms. The molecule has 3 heterocycles. The van der Waals surface area contributed by atoms with Gasteiger partial charge in [0.25, 0.3) is 0 Å². The summed E-state index contributed by atoms with van der Waals surface area (Å²) in [4.78, 5) is 43.5. The molecule has 0 bridgehead atoms. The fraction of sp³-hybridized carbons (Fsp3) is 0.500. The average Bonchev–Trinajstić information content (AvgIpc) is 3.22. The summed E-state index contributed by atoms with van der Waals surface area (Å²) in [5.74, 6) is -3.03. The van der Waals surface area contributed by atoms with Crippen molar-refractivity contribution in [1.82, 2.24) is 24.2 Å². The minimum atomic E-state index is -4.89. The monoisotopic (exact) mass is 462 g/mol. The van der Waals surface area contributed by atoms with Gasteiger partial charge in [-0.25, -0.2) is 19.5 Å². The molecule has 0 aromatic carbocycles. The molecule has 17 heteroatoms. The number of nitrogens with zero attached hydrogens (tertiary/aromatic N) is 5. The van der Waals surface area contributed by atoms with Crippen LogP contribution in [0.25, 0.3) is 11.2 Å². The Morgan fingerprint density at radius 2 is 1.84 bits per heavy atom. The third-order valence-corrected chi connectivity index (χ3v) is 5.88. The van der Waals surface area contributed by atoms with Gasteiger partial charge in [-0.05, 0) is 0 Å². The van der Waals surface area contributed by atoms with Crippen LogP contribution in [0.5, 0.6) is 0 Å². The number of anilines is 1. The highest BCUT2D eigenvalue weighted by Crippen LogP contribution is 2.47. The lowest BCUT2D eigenvalue weighted by Gasteiger charge is -2.25. The molecule has 1 saturated heterocycles. The number of hydrogen-bond donors (Lipinski definition) is 6. The summed E-state index contributed by atoms with van der Waals surface area (Å²) in [7, 11) is -4.89. The highest BCUT2D eigenvalue weighted by Gasteiger charge is 2.46. The summed E-state index contributed by atoms with van der Waals surface area (Å²) in [5, 5.41) is 38.2. The lowest BCUT2D eigenvalue weighted by atomic mass is 10.1. The van der Waals surface area contributed by atoms with Gasteiger partial charge in [0.2, 0.25) is 0 Å². The van der Waals surface area contributed by atoms with E-state index in [1.165, 1.54) is 10.9 Å². The molecule has 16 nitrogen and oxygen atoms in total. The van der Waals surface area contributed by atoms with Crippen molar-refractivity contribution in [3.63, 3.8) is 0 Å². The van der Waals surface area contributed by atoms with Crippen LogP contribution in [-0.4, -0.2) is 99.5 Å². The van der Waals surface area contributed by atoms with E-state index in [9.17, 15) is 29.3 Å². The lowest BCUT2D eigenvalue weighted by molar-refractivity contribution is -0.140. The van der Waals surface area contributed by atoms with E-state index in [4.69, 9.17) is 25.2 Å². The van der Waals surface area contributed by atoms with Crippen molar-refractivity contribution in [3.8, 4) is 0 Å². The van der Waals surface area contributed by atoms with E-state index in [1.54, 1.807) is 0 Å². The number of aliphatic hydroxyl groups excluding tert-OH is 2. The molecule has 1 unspecified atom stereocenters. The van der Waals surface area contributed by atoms with Crippen LogP contribution in [0.2, 0.25) is 0 Å². The minimum Gasteiger partial charge on any atom is -0.480 e. The van der Waals surface area contributed by atoms with Gasteiger partial charge in [0.1, 0.15) is 43.2 Å². The first-order chi connectivity index (χ1) is 14.5. The molecule has 5 atom stereocenters. The number of nitrogens with two attached hydrogens (primary N) is 1. The van der Waals surface area contributed by atoms with Crippen molar-refractivity contribution < 1.29 is 48.7 Å². The minimum absolute atomic E-state index is 0.0786. The molecule has 1 fully saturated rings. The number of hydrogen-bond acceptors (Lipinski definition) is 11. The SMILES string of the molecule is Nc1ncnc2c1ncn2[C@@H]1O[C@H](COP(=O)(O)N(CC(=O)O)CC(=O)O)[C@@H](O)[C@H]1O. The molecule has 2 aromatic heterocycles. The fourth-order valence-corrected chi connectivity index (χ4v) is 4.06. The molecule has 2 aromatic rings. The second-order valence-corrected chi connectivity index (χ2v) is 8.33. The van der Waals surface area contributed by atoms with Crippen molar-refractivity contribution in [1.29, 1.82) is 0 Å². The Hall–Kier alpha value is -2.72. The molecule has 0 radical (unpaired) electrons. The molecule has 7 N–H and O–H groups in total. The average molecular weight is 462 g/mol. The Morgan fingerprint density at radius 3 is 2.45 bits per heavy atom. The normalized spacial score (nSPS) is 25.7. The quantitative estimate of drug-likeness (QED) is 0.213. The Bertz CT molecular complexity index is 1020. The molecule has 0 saturated carbocycles. The van der Waals surface area contributed by atoms with Crippen molar-refractivity contribution in [2.75, 3.05) is 25.4 Å². The zero-order chi connectivity index (χ0) is 22.9. The van der Waals surface area contributed by atoms with Gasteiger partial charge in [0.15, 0.2) is 17.7 Å². The molecular weight excluding hydrogens is 443 g/mol. The first-order valence-corrected chi connectivity index (χ1v) is 10.1. The van der Waals surface area contributed by atoms with Crippen LogP contribution in [0.4, 0.5) is 5.82 Å². The second kappa shape index (κ2) is 8.80. The van der Waals surface area contributed by atoms with Gasteiger partial charge in [0, 0.05) is 0 Å². The third kappa shape index (κ3) is 4.80. The summed E-state index contributed by atoms with van der Waals surface area (Å²) in [5.41, 5.74) is 6.13. The summed E-state index contributed by atoms with van der Waals surface area (Å²) in [6, 6.07) is 0. The summed E-state index contributed by atoms with van der Waals surface area (Å²) < 4.78 is 24.2. The van der Waals surface area contributed by atoms with Gasteiger partial charge in [-0.15, -0.1) is 0 Å². The van der Waals surface area contributed by atoms with Crippen LogP contribution in [0.3, 0.4) is 0 Å². The van der Waals surface area contributed by atoms with Crippen LogP contribution in [0, 0.1) is 0 Å². The van der Waals surface area contributed by atoms with Gasteiger partial charge in [-0.2, -0.15) is 4.67 Å². The molecule has 1 aliphatic heterocycles. The molecule has 1 aliphatic rings. The maximum absolute atomic E-state index is 12.3. The number of ether oxygens (including phenoxy) is 1. The molecule has 0 spiro atoms. The first kappa shape index (κ1) is 23.0. The number of carbonyl (C=O) groups is 2. The molecule has 0 aliphatic carbocycles. The van der Waals surface area contributed by atoms with Crippen LogP contribution in [-0.2, 0) is 23.4 Å². The second-order valence-electron chi connectivity index (χ2n) is 6.53. The number of aliphatic hydroxyl groups is 2. The Morgan fingerprint density at radius 1 is 1.19 bits per heavy atom. The van der Waals surface area contributed by atoms with Crippen LogP contribution in [0.15, 0.2) is 12.7 Å². The predicted molar refractivity (Wildman–Crippen MR) is 98.3 cm³/mol. The van der Waals surface area contributed by atoms with E-state index in [-0.39, 0.29) is 21.7 Å². The Balaban J connectivity index is 1.74. The predicted octanol–water partition coefficient (Wildman–Crippen LogP) is -2.38. The van der Waals surface area contributed by atoms with E-state index < -0.39 is 63.9 Å². The standard InChI is InChI=1S/C14H19N6O10P/c15-12-9-13(17-4-16-12)20(5-18-9)14-11(26)10(25)6(30-14)3-29-31(27,28)19(1-7(21)22)2-8(23)24/h4-6,10-11,14,25-26H,1-3H2,(H,21,22)(H,23,24)(H,27,28)(H2,15,16,17)/t6-,10-,11-,14-/m1/s1. The van der Waals surface area contributed by atoms with Crippen molar-refractivity contribution in [2.24, 2.45) is 0 Å². The number of nitrogen functional groups attached to an aromatic ring is 1. The molecular formula is C14H19N6O10P. The maximum atomic E-state index is 12.3. The fourth-order valence-electron chi connectivity index (χ4n) is 2.95. The van der Waals surface area contributed by atoms with Crippen molar-refractivity contribution in [2.45, 2.75) is 24.5 Å². The number of carboxylic acid groups (broad SMARTS) is 2. The van der Waals surface area contributed by atoms with Gasteiger partial charge in [-0.1, -0.05) is 0 Å². The number of fused-ring (bicyclic) bond motifs is 1. The zero-order valence-electron chi connectivity index (χ0n) is 15.6. The Kier molecular flexibility index (Phi) is 6.51. The topological polar surface area (TPSA) is 244 Å². The van der Waals surface area contributed by atoms with Crippen LogP contribution < -0.4 is 5.73 Å². The summed E-state index contributed by atoms with van der Waals surface area (Å²) >= 11 is 0. The Labute approximate surface area is 173 Å². The number of imidazole rings is 1. The van der Waals surface area contributed by atoms with Gasteiger partial charge in [0.05, 0.1) is 12.9 Å². The molecule has 0 amide bonds. The highest BCUT2D eigenvalue weighted by atomic mass is 31.2. The maximum Gasteiger partial charge on any atom is 0.406 e. The van der Waals surface area contributed by atoms with E-state index in [1.807, 2.05) is 0 Å². The molecule has 3 rings (SSSR count). The third-order valence-electron chi connectivity index (χ3n) is 4.40. The van der Waals surface area contributed by atoms with E-state index in [0.29, 0.717) is 0 Å². The van der Waals surface area contributed by atoms with E-state index >= 15 is 0 Å². The number of rotatable bonds is 9. The lowest BCUT2D eigenvalue weighted by Crippen LogP contribution is -2.36. The smallest absolute Gasteiger partial charge is 0.406 e. The van der Waals surface area contributed by atoms with Gasteiger partial charge < -0.3 is 35.8 Å². The van der Waals surface area contributed by atoms with Gasteiger partial charge >= 0.3 is 19.7 Å². The summed E-state index contributed by atoms with van der Waals surface area (Å²) in [6.45, 7) is -2.93. The van der Waals surface area contributed by atoms with Gasteiger partial charge in [-0.3, -0.25) is 18.7 Å².